The molecule has 0 aromatic heterocycles. The van der Waals surface area contributed by atoms with E-state index in [0.717, 1.165) is 8.96 Å². The van der Waals surface area contributed by atoms with Gasteiger partial charge < -0.3 is 4.74 Å². The summed E-state index contributed by atoms with van der Waals surface area (Å²) >= 11 is 7.08. The summed E-state index contributed by atoms with van der Waals surface area (Å²) in [6.45, 7) is 0. The largest absolute Gasteiger partial charge is 0.355 e. The van der Waals surface area contributed by atoms with Crippen LogP contribution in [0.15, 0.2) is 33.2 Å². The van der Waals surface area contributed by atoms with E-state index in [1.807, 2.05) is 0 Å². The van der Waals surface area contributed by atoms with Crippen molar-refractivity contribution in [3.8, 4) is 0 Å². The maximum atomic E-state index is 5.80. The predicted octanol–water partition coefficient (Wildman–Crippen LogP) is 3.81. The molecule has 0 amide bonds. The molecule has 2 aliphatic rings. The highest BCUT2D eigenvalue weighted by molar-refractivity contribution is 9.14. The van der Waals surface area contributed by atoms with Gasteiger partial charge in [0, 0.05) is 8.96 Å². The summed E-state index contributed by atoms with van der Waals surface area (Å²) < 4.78 is 8.07. The van der Waals surface area contributed by atoms with Gasteiger partial charge in [0.05, 0.1) is 0 Å². The summed E-state index contributed by atoms with van der Waals surface area (Å²) in [4.78, 5) is 0. The fourth-order valence-electron chi connectivity index (χ4n) is 1.91. The minimum atomic E-state index is 0.121. The monoisotopic (exact) mass is 300 g/mol. The van der Waals surface area contributed by atoms with E-state index in [9.17, 15) is 0 Å². The molecular formula is C10H6Br2O. The van der Waals surface area contributed by atoms with Gasteiger partial charge in [-0.1, -0.05) is 56.1 Å². The Kier molecular flexibility index (Phi) is 1.70. The molecular weight excluding hydrogens is 296 g/mol. The molecule has 2 heterocycles. The SMILES string of the molecule is BrC1=C(Br)[C@@H]2O[C@H]1c1ccccc12. The third-order valence-corrected chi connectivity index (χ3v) is 4.74. The molecule has 3 heteroatoms. The lowest BCUT2D eigenvalue weighted by atomic mass is 9.97. The Hall–Kier alpha value is -0.120. The van der Waals surface area contributed by atoms with E-state index in [2.05, 4.69) is 56.1 Å². The summed E-state index contributed by atoms with van der Waals surface area (Å²) in [7, 11) is 0. The standard InChI is InChI=1S/C10H6Br2O/c11-7-8(12)10-6-4-2-1-3-5(6)9(7)13-10/h1-4,9-10H/t9-,10+. The normalized spacial score (nSPS) is 29.7. The Morgan fingerprint density at radius 2 is 1.38 bits per heavy atom. The molecule has 0 saturated carbocycles. The van der Waals surface area contributed by atoms with Gasteiger partial charge in [0.25, 0.3) is 0 Å². The zero-order valence-corrected chi connectivity index (χ0v) is 9.80. The van der Waals surface area contributed by atoms with Crippen LogP contribution in [0.1, 0.15) is 23.3 Å². The van der Waals surface area contributed by atoms with Crippen LogP contribution in [0.3, 0.4) is 0 Å². The van der Waals surface area contributed by atoms with E-state index in [4.69, 9.17) is 4.74 Å². The first-order chi connectivity index (χ1) is 6.29. The quantitative estimate of drug-likeness (QED) is 0.708. The van der Waals surface area contributed by atoms with Crippen LogP contribution in [-0.2, 0) is 4.74 Å². The van der Waals surface area contributed by atoms with Crippen molar-refractivity contribution in [1.29, 1.82) is 0 Å². The predicted molar refractivity (Wildman–Crippen MR) is 57.9 cm³/mol. The third-order valence-electron chi connectivity index (χ3n) is 2.52. The van der Waals surface area contributed by atoms with Gasteiger partial charge in [-0.05, 0) is 11.1 Å². The van der Waals surface area contributed by atoms with Gasteiger partial charge >= 0.3 is 0 Å². The fourth-order valence-corrected chi connectivity index (χ4v) is 3.04. The lowest BCUT2D eigenvalue weighted by Crippen LogP contribution is -1.97. The maximum absolute atomic E-state index is 5.80. The maximum Gasteiger partial charge on any atom is 0.117 e. The Bertz CT molecular complexity index is 374. The van der Waals surface area contributed by atoms with Crippen molar-refractivity contribution in [2.24, 2.45) is 0 Å². The van der Waals surface area contributed by atoms with Crippen molar-refractivity contribution in [2.45, 2.75) is 12.2 Å². The second-order valence-electron chi connectivity index (χ2n) is 3.22. The lowest BCUT2D eigenvalue weighted by Gasteiger charge is -2.11. The van der Waals surface area contributed by atoms with Gasteiger partial charge in [0.2, 0.25) is 0 Å². The van der Waals surface area contributed by atoms with Gasteiger partial charge in [0.1, 0.15) is 12.2 Å². The summed E-state index contributed by atoms with van der Waals surface area (Å²) in [6, 6.07) is 8.36. The molecule has 1 aromatic rings. The van der Waals surface area contributed by atoms with Crippen LogP contribution in [0.2, 0.25) is 0 Å². The number of ether oxygens (including phenoxy) is 1. The molecule has 0 unspecified atom stereocenters. The Balaban J connectivity index is 2.24. The first kappa shape index (κ1) is 8.21. The Morgan fingerprint density at radius 3 is 1.85 bits per heavy atom. The van der Waals surface area contributed by atoms with Crippen molar-refractivity contribution in [2.75, 3.05) is 0 Å². The summed E-state index contributed by atoms with van der Waals surface area (Å²) in [5.74, 6) is 0. The van der Waals surface area contributed by atoms with E-state index in [1.165, 1.54) is 11.1 Å². The lowest BCUT2D eigenvalue weighted by molar-refractivity contribution is 0.0857. The molecule has 1 aromatic carbocycles. The molecule has 0 spiro atoms. The van der Waals surface area contributed by atoms with E-state index < -0.39 is 0 Å². The van der Waals surface area contributed by atoms with Crippen molar-refractivity contribution in [3.05, 3.63) is 44.4 Å². The van der Waals surface area contributed by atoms with Crippen molar-refractivity contribution in [1.82, 2.24) is 0 Å². The van der Waals surface area contributed by atoms with Gasteiger partial charge in [-0.3, -0.25) is 0 Å². The van der Waals surface area contributed by atoms with Crippen LogP contribution in [-0.4, -0.2) is 0 Å². The Labute approximate surface area is 93.0 Å². The third kappa shape index (κ3) is 0.953. The molecule has 2 atom stereocenters. The molecule has 0 N–H and O–H groups in total. The van der Waals surface area contributed by atoms with E-state index >= 15 is 0 Å². The van der Waals surface area contributed by atoms with Crippen molar-refractivity contribution in [3.63, 3.8) is 0 Å². The summed E-state index contributed by atoms with van der Waals surface area (Å²) in [5.41, 5.74) is 2.59. The minimum absolute atomic E-state index is 0.121. The van der Waals surface area contributed by atoms with Gasteiger partial charge in [0.15, 0.2) is 0 Å². The van der Waals surface area contributed by atoms with Crippen LogP contribution in [0, 0.1) is 0 Å². The van der Waals surface area contributed by atoms with Gasteiger partial charge in [-0.2, -0.15) is 0 Å². The highest BCUT2D eigenvalue weighted by Crippen LogP contribution is 2.57. The number of benzene rings is 1. The van der Waals surface area contributed by atoms with Crippen molar-refractivity contribution >= 4 is 31.9 Å². The molecule has 3 rings (SSSR count). The molecule has 2 bridgehead atoms. The topological polar surface area (TPSA) is 9.23 Å². The van der Waals surface area contributed by atoms with Crippen LogP contribution in [0.25, 0.3) is 0 Å². The first-order valence-electron chi connectivity index (χ1n) is 4.08. The van der Waals surface area contributed by atoms with Crippen molar-refractivity contribution < 1.29 is 4.74 Å². The second kappa shape index (κ2) is 2.69. The average Bonchev–Trinajstić information content (AvgIpc) is 2.66. The number of fused-ring (bicyclic) bond motifs is 5. The number of rotatable bonds is 0. The van der Waals surface area contributed by atoms with E-state index in [-0.39, 0.29) is 12.2 Å². The second-order valence-corrected chi connectivity index (χ2v) is 4.93. The average molecular weight is 302 g/mol. The number of hydrogen-bond acceptors (Lipinski definition) is 1. The molecule has 13 heavy (non-hydrogen) atoms. The zero-order chi connectivity index (χ0) is 9.00. The molecule has 66 valence electrons. The Morgan fingerprint density at radius 1 is 0.923 bits per heavy atom. The number of hydrogen-bond donors (Lipinski definition) is 0. The molecule has 0 radical (unpaired) electrons. The molecule has 0 fully saturated rings. The van der Waals surface area contributed by atoms with Crippen LogP contribution in [0.5, 0.6) is 0 Å². The fraction of sp³-hybridized carbons (Fsp3) is 0.200. The molecule has 0 aliphatic carbocycles. The number of halogens is 2. The van der Waals surface area contributed by atoms with E-state index in [0.29, 0.717) is 0 Å². The molecule has 0 saturated heterocycles. The minimum Gasteiger partial charge on any atom is -0.355 e. The van der Waals surface area contributed by atoms with Crippen LogP contribution >= 0.6 is 31.9 Å². The van der Waals surface area contributed by atoms with E-state index in [1.54, 1.807) is 0 Å². The highest BCUT2D eigenvalue weighted by Gasteiger charge is 2.42. The highest BCUT2D eigenvalue weighted by atomic mass is 79.9. The van der Waals surface area contributed by atoms with Gasteiger partial charge in [-0.15, -0.1) is 0 Å². The first-order valence-corrected chi connectivity index (χ1v) is 5.67. The molecule has 1 nitrogen and oxygen atoms in total. The van der Waals surface area contributed by atoms with Crippen LogP contribution in [0.4, 0.5) is 0 Å². The zero-order valence-electron chi connectivity index (χ0n) is 6.63. The van der Waals surface area contributed by atoms with Crippen LogP contribution < -0.4 is 0 Å². The van der Waals surface area contributed by atoms with Gasteiger partial charge in [-0.25, -0.2) is 0 Å². The summed E-state index contributed by atoms with van der Waals surface area (Å²) in [6.07, 6.45) is 0.242. The smallest absolute Gasteiger partial charge is 0.117 e. The summed E-state index contributed by atoms with van der Waals surface area (Å²) in [5, 5.41) is 0. The molecule has 2 aliphatic heterocycles.